The lowest BCUT2D eigenvalue weighted by atomic mass is 9.78. The molecular formula is C28H39N3O12. The Hall–Kier alpha value is -4.56. The van der Waals surface area contributed by atoms with Crippen molar-refractivity contribution < 1.29 is 57.2 Å². The summed E-state index contributed by atoms with van der Waals surface area (Å²) in [6, 6.07) is 0. The Morgan fingerprint density at radius 2 is 0.791 bits per heavy atom. The number of methoxy groups -OCH3 is 6. The Labute approximate surface area is 249 Å². The van der Waals surface area contributed by atoms with E-state index in [4.69, 9.17) is 28.4 Å². The Morgan fingerprint density at radius 1 is 0.488 bits per heavy atom. The monoisotopic (exact) mass is 609 g/mol. The molecule has 238 valence electrons. The standard InChI is InChI=1S/C28H39N3O12/c1-26(2,3)30-16(22(34)40-10)14(20(32)38-8)28(15(21(33)39-9)17(30)23(35)41-11)29(7)18(24(36)42-12)19(25(37)43-13)31(28)27(4,5)6/h1-13H3. The lowest BCUT2D eigenvalue weighted by Crippen LogP contribution is -2.68. The van der Waals surface area contributed by atoms with Crippen molar-refractivity contribution in [3.8, 4) is 0 Å². The highest BCUT2D eigenvalue weighted by atomic mass is 16.5. The zero-order valence-corrected chi connectivity index (χ0v) is 26.7. The van der Waals surface area contributed by atoms with Crippen molar-refractivity contribution in [2.24, 2.45) is 0 Å². The molecule has 0 atom stereocenters. The first-order valence-electron chi connectivity index (χ1n) is 12.9. The molecule has 0 aliphatic carbocycles. The van der Waals surface area contributed by atoms with Crippen molar-refractivity contribution in [1.29, 1.82) is 0 Å². The Kier molecular flexibility index (Phi) is 9.64. The Bertz CT molecular complexity index is 1290. The molecule has 0 bridgehead atoms. The fourth-order valence-electron chi connectivity index (χ4n) is 5.46. The molecule has 0 amide bonds. The average molecular weight is 610 g/mol. The lowest BCUT2D eigenvalue weighted by Gasteiger charge is -2.55. The zero-order chi connectivity index (χ0) is 33.4. The van der Waals surface area contributed by atoms with Crippen LogP contribution >= 0.6 is 0 Å². The van der Waals surface area contributed by atoms with Crippen LogP contribution in [0.2, 0.25) is 0 Å². The van der Waals surface area contributed by atoms with Crippen molar-refractivity contribution >= 4 is 35.8 Å². The van der Waals surface area contributed by atoms with E-state index in [9.17, 15) is 28.8 Å². The first kappa shape index (κ1) is 34.6. The molecule has 2 aliphatic heterocycles. The van der Waals surface area contributed by atoms with E-state index in [0.29, 0.717) is 0 Å². The van der Waals surface area contributed by atoms with Gasteiger partial charge >= 0.3 is 35.8 Å². The highest BCUT2D eigenvalue weighted by Gasteiger charge is 2.69. The molecule has 0 saturated heterocycles. The summed E-state index contributed by atoms with van der Waals surface area (Å²) >= 11 is 0. The fourth-order valence-corrected chi connectivity index (χ4v) is 5.46. The van der Waals surface area contributed by atoms with Crippen molar-refractivity contribution in [2.45, 2.75) is 58.3 Å². The second-order valence-electron chi connectivity index (χ2n) is 11.3. The van der Waals surface area contributed by atoms with Crippen molar-refractivity contribution in [3.63, 3.8) is 0 Å². The maximum atomic E-state index is 14.0. The third-order valence-corrected chi connectivity index (χ3v) is 6.85. The average Bonchev–Trinajstić information content (AvgIpc) is 3.22. The predicted molar refractivity (Wildman–Crippen MR) is 147 cm³/mol. The molecule has 0 saturated carbocycles. The van der Waals surface area contributed by atoms with E-state index in [1.165, 1.54) is 11.9 Å². The predicted octanol–water partition coefficient (Wildman–Crippen LogP) is 0.601. The van der Waals surface area contributed by atoms with Gasteiger partial charge in [-0.15, -0.1) is 0 Å². The zero-order valence-electron chi connectivity index (χ0n) is 26.7. The van der Waals surface area contributed by atoms with E-state index >= 15 is 0 Å². The Morgan fingerprint density at radius 3 is 1.07 bits per heavy atom. The molecule has 2 rings (SSSR count). The SMILES string of the molecule is COC(=O)C1=C(C(=O)OC)C2(C(C(=O)OC)=C(C(=O)OC)N1C(C)(C)C)N(C)C(C(=O)OC)=C(C(=O)OC)N2C(C)(C)C. The van der Waals surface area contributed by atoms with Gasteiger partial charge in [0, 0.05) is 18.1 Å². The van der Waals surface area contributed by atoms with Crippen LogP contribution in [0.25, 0.3) is 0 Å². The third kappa shape index (κ3) is 5.16. The number of carbonyl (C=O) groups is 6. The minimum absolute atomic E-state index is 0.454. The summed E-state index contributed by atoms with van der Waals surface area (Å²) in [5.41, 5.74) is -8.14. The van der Waals surface area contributed by atoms with Crippen molar-refractivity contribution in [1.82, 2.24) is 14.7 Å². The molecule has 1 spiro atoms. The van der Waals surface area contributed by atoms with Gasteiger partial charge in [-0.2, -0.15) is 0 Å². The largest absolute Gasteiger partial charge is 0.465 e. The molecule has 15 heteroatoms. The quantitative estimate of drug-likeness (QED) is 0.303. The molecule has 0 N–H and O–H groups in total. The van der Waals surface area contributed by atoms with Crippen LogP contribution in [0.5, 0.6) is 0 Å². The van der Waals surface area contributed by atoms with E-state index < -0.39 is 86.5 Å². The van der Waals surface area contributed by atoms with Gasteiger partial charge in [0.2, 0.25) is 0 Å². The van der Waals surface area contributed by atoms with Crippen LogP contribution in [0.3, 0.4) is 0 Å². The topological polar surface area (TPSA) is 168 Å². The van der Waals surface area contributed by atoms with E-state index in [1.54, 1.807) is 41.5 Å². The molecule has 0 unspecified atom stereocenters. The summed E-state index contributed by atoms with van der Waals surface area (Å²) < 4.78 is 30.6. The number of nitrogens with zero attached hydrogens (tertiary/aromatic N) is 3. The van der Waals surface area contributed by atoms with Gasteiger partial charge < -0.3 is 43.1 Å². The first-order valence-corrected chi connectivity index (χ1v) is 12.9. The second-order valence-corrected chi connectivity index (χ2v) is 11.3. The smallest absolute Gasteiger partial charge is 0.356 e. The van der Waals surface area contributed by atoms with Gasteiger partial charge in [0.15, 0.2) is 17.1 Å². The fraction of sp³-hybridized carbons (Fsp3) is 0.571. The van der Waals surface area contributed by atoms with Crippen LogP contribution in [-0.2, 0) is 57.2 Å². The maximum absolute atomic E-state index is 14.0. The second kappa shape index (κ2) is 12.0. The summed E-state index contributed by atoms with van der Waals surface area (Å²) in [6.45, 7) is 9.58. The van der Waals surface area contributed by atoms with Gasteiger partial charge in [0.05, 0.1) is 42.7 Å². The van der Waals surface area contributed by atoms with Gasteiger partial charge in [-0.3, -0.25) is 0 Å². The molecule has 0 aromatic carbocycles. The van der Waals surface area contributed by atoms with Gasteiger partial charge in [-0.05, 0) is 41.5 Å². The summed E-state index contributed by atoms with van der Waals surface area (Å²) in [5.74, 6) is -6.71. The Balaban J connectivity index is 3.64. The van der Waals surface area contributed by atoms with E-state index in [2.05, 4.69) is 0 Å². The molecular weight excluding hydrogens is 570 g/mol. The van der Waals surface area contributed by atoms with Gasteiger partial charge in [-0.25, -0.2) is 28.8 Å². The van der Waals surface area contributed by atoms with Crippen LogP contribution in [0.4, 0.5) is 0 Å². The van der Waals surface area contributed by atoms with Crippen LogP contribution in [0, 0.1) is 0 Å². The van der Waals surface area contributed by atoms with E-state index in [1.807, 2.05) is 0 Å². The van der Waals surface area contributed by atoms with Crippen molar-refractivity contribution in [2.75, 3.05) is 49.7 Å². The van der Waals surface area contributed by atoms with Crippen LogP contribution in [0.15, 0.2) is 33.9 Å². The third-order valence-electron chi connectivity index (χ3n) is 6.85. The molecule has 43 heavy (non-hydrogen) atoms. The van der Waals surface area contributed by atoms with Gasteiger partial charge in [0.1, 0.15) is 22.5 Å². The van der Waals surface area contributed by atoms with Gasteiger partial charge in [0.25, 0.3) is 0 Å². The number of esters is 6. The number of rotatable bonds is 6. The normalized spacial score (nSPS) is 16.8. The van der Waals surface area contributed by atoms with Crippen LogP contribution < -0.4 is 0 Å². The molecule has 2 aliphatic rings. The number of ether oxygens (including phenoxy) is 6. The molecule has 0 aromatic rings. The molecule has 0 fully saturated rings. The van der Waals surface area contributed by atoms with Crippen molar-refractivity contribution in [3.05, 3.63) is 33.9 Å². The van der Waals surface area contributed by atoms with Gasteiger partial charge in [-0.1, -0.05) is 0 Å². The number of carbonyl (C=O) groups excluding carboxylic acids is 6. The molecule has 0 aromatic heterocycles. The number of likely N-dealkylation sites (N-methyl/N-ethyl adjacent to an activating group) is 1. The van der Waals surface area contributed by atoms with Crippen LogP contribution in [-0.4, -0.2) is 117 Å². The van der Waals surface area contributed by atoms with E-state index in [0.717, 1.165) is 52.5 Å². The molecule has 15 nitrogen and oxygen atoms in total. The minimum atomic E-state index is -2.47. The first-order chi connectivity index (χ1) is 19.8. The maximum Gasteiger partial charge on any atom is 0.356 e. The van der Waals surface area contributed by atoms with E-state index in [-0.39, 0.29) is 0 Å². The lowest BCUT2D eigenvalue weighted by molar-refractivity contribution is -0.151. The number of hydrogen-bond donors (Lipinski definition) is 0. The number of hydrogen-bond acceptors (Lipinski definition) is 15. The van der Waals surface area contributed by atoms with Crippen LogP contribution in [0.1, 0.15) is 41.5 Å². The summed E-state index contributed by atoms with van der Waals surface area (Å²) in [7, 11) is 7.54. The molecule has 0 radical (unpaired) electrons. The molecule has 2 heterocycles. The minimum Gasteiger partial charge on any atom is -0.465 e. The summed E-state index contributed by atoms with van der Waals surface area (Å²) in [5, 5.41) is 0. The highest BCUT2D eigenvalue weighted by Crippen LogP contribution is 2.56. The highest BCUT2D eigenvalue weighted by molar-refractivity contribution is 6.13. The summed E-state index contributed by atoms with van der Waals surface area (Å²) in [6.07, 6.45) is 0. The summed E-state index contributed by atoms with van der Waals surface area (Å²) in [4.78, 5) is 85.9.